The van der Waals surface area contributed by atoms with E-state index in [1.165, 1.54) is 24.8 Å². The fraction of sp³-hybridized carbons (Fsp3) is 0.524. The Morgan fingerprint density at radius 3 is 2.81 bits per heavy atom. The normalized spacial score (nSPS) is 16.4. The van der Waals surface area contributed by atoms with Crippen LogP contribution in [0.5, 0.6) is 0 Å². The van der Waals surface area contributed by atoms with Crippen LogP contribution in [0.2, 0.25) is 0 Å². The van der Waals surface area contributed by atoms with Crippen molar-refractivity contribution in [1.29, 1.82) is 0 Å². The lowest BCUT2D eigenvalue weighted by Crippen LogP contribution is -2.36. The van der Waals surface area contributed by atoms with Crippen LogP contribution in [0.1, 0.15) is 49.8 Å². The van der Waals surface area contributed by atoms with E-state index >= 15 is 0 Å². The van der Waals surface area contributed by atoms with Crippen molar-refractivity contribution >= 4 is 22.9 Å². The van der Waals surface area contributed by atoms with Gasteiger partial charge in [0.2, 0.25) is 5.91 Å². The molecule has 1 aromatic carbocycles. The standard InChI is InChI=1S/C21H30N4OS/c1-25(13-19-14-27-16-23-19)12-17-6-5-7-18(10-17)24-20(26)11-21(15-22)8-3-2-4-9-21/h5-7,10,14,16H,2-4,8-9,11-13,15,22H2,1H3,(H,24,26). The quantitative estimate of drug-likeness (QED) is 0.719. The summed E-state index contributed by atoms with van der Waals surface area (Å²) in [6, 6.07) is 8.11. The average molecular weight is 387 g/mol. The first-order chi connectivity index (χ1) is 13.1. The first-order valence-electron chi connectivity index (χ1n) is 9.73. The van der Waals surface area contributed by atoms with Crippen LogP contribution in [0, 0.1) is 5.41 Å². The molecule has 3 rings (SSSR count). The molecule has 0 aliphatic heterocycles. The number of anilines is 1. The monoisotopic (exact) mass is 386 g/mol. The number of aromatic nitrogens is 1. The van der Waals surface area contributed by atoms with E-state index in [0.717, 1.165) is 37.3 Å². The zero-order valence-electron chi connectivity index (χ0n) is 16.1. The van der Waals surface area contributed by atoms with Crippen molar-refractivity contribution in [2.24, 2.45) is 11.1 Å². The van der Waals surface area contributed by atoms with E-state index in [9.17, 15) is 4.79 Å². The number of hydrogen-bond donors (Lipinski definition) is 2. The SMILES string of the molecule is CN(Cc1cccc(NC(=O)CC2(CN)CCCCC2)c1)Cc1cscn1. The molecule has 1 fully saturated rings. The molecular weight excluding hydrogens is 356 g/mol. The minimum absolute atomic E-state index is 0.00625. The van der Waals surface area contributed by atoms with Crippen LogP contribution in [0.15, 0.2) is 35.2 Å². The number of nitrogens with one attached hydrogen (secondary N) is 1. The number of carbonyl (C=O) groups excluding carboxylic acids is 1. The molecule has 1 aliphatic rings. The van der Waals surface area contributed by atoms with Gasteiger partial charge in [-0.2, -0.15) is 0 Å². The van der Waals surface area contributed by atoms with Gasteiger partial charge in [0.25, 0.3) is 0 Å². The van der Waals surface area contributed by atoms with Crippen molar-refractivity contribution in [3.63, 3.8) is 0 Å². The van der Waals surface area contributed by atoms with Gasteiger partial charge in [-0.15, -0.1) is 11.3 Å². The summed E-state index contributed by atoms with van der Waals surface area (Å²) in [4.78, 5) is 19.2. The topological polar surface area (TPSA) is 71.2 Å². The average Bonchev–Trinajstić information content (AvgIpc) is 3.15. The minimum atomic E-state index is -0.00625. The van der Waals surface area contributed by atoms with Gasteiger partial charge >= 0.3 is 0 Å². The Hall–Kier alpha value is -1.76. The highest BCUT2D eigenvalue weighted by molar-refractivity contribution is 7.07. The maximum absolute atomic E-state index is 12.6. The molecule has 2 aromatic rings. The van der Waals surface area contributed by atoms with Crippen LogP contribution < -0.4 is 11.1 Å². The van der Waals surface area contributed by atoms with Crippen molar-refractivity contribution in [3.8, 4) is 0 Å². The molecule has 1 amide bonds. The largest absolute Gasteiger partial charge is 0.330 e. The molecule has 5 nitrogen and oxygen atoms in total. The zero-order chi connectivity index (χ0) is 19.1. The van der Waals surface area contributed by atoms with Gasteiger partial charge in [-0.25, -0.2) is 4.98 Å². The van der Waals surface area contributed by atoms with Gasteiger partial charge in [-0.3, -0.25) is 9.69 Å². The molecule has 0 atom stereocenters. The van der Waals surface area contributed by atoms with Gasteiger partial charge in [0.05, 0.1) is 11.2 Å². The maximum atomic E-state index is 12.6. The van der Waals surface area contributed by atoms with Crippen molar-refractivity contribution in [1.82, 2.24) is 9.88 Å². The molecule has 1 heterocycles. The minimum Gasteiger partial charge on any atom is -0.330 e. The zero-order valence-corrected chi connectivity index (χ0v) is 16.9. The number of nitrogens with zero attached hydrogens (tertiary/aromatic N) is 2. The van der Waals surface area contributed by atoms with Crippen molar-refractivity contribution < 1.29 is 4.79 Å². The molecule has 3 N–H and O–H groups in total. The fourth-order valence-corrected chi connectivity index (χ4v) is 4.56. The van der Waals surface area contributed by atoms with Gasteiger partial charge in [-0.1, -0.05) is 31.4 Å². The predicted octanol–water partition coefficient (Wildman–Crippen LogP) is 4.01. The Morgan fingerprint density at radius 2 is 2.11 bits per heavy atom. The van der Waals surface area contributed by atoms with E-state index < -0.39 is 0 Å². The van der Waals surface area contributed by atoms with Gasteiger partial charge in [0.15, 0.2) is 0 Å². The lowest BCUT2D eigenvalue weighted by atomic mass is 9.71. The van der Waals surface area contributed by atoms with Crippen LogP contribution in [0.4, 0.5) is 5.69 Å². The molecular formula is C21H30N4OS. The van der Waals surface area contributed by atoms with Crippen LogP contribution in [0.3, 0.4) is 0 Å². The number of rotatable bonds is 8. The molecule has 0 unspecified atom stereocenters. The smallest absolute Gasteiger partial charge is 0.224 e. The highest BCUT2D eigenvalue weighted by Gasteiger charge is 2.32. The van der Waals surface area contributed by atoms with Gasteiger partial charge in [-0.05, 0) is 49.5 Å². The third-order valence-corrected chi connectivity index (χ3v) is 6.10. The summed E-state index contributed by atoms with van der Waals surface area (Å²) in [6.45, 7) is 2.23. The van der Waals surface area contributed by atoms with Gasteiger partial charge in [0.1, 0.15) is 0 Å². The second-order valence-electron chi connectivity index (χ2n) is 7.84. The fourth-order valence-electron chi connectivity index (χ4n) is 4.01. The summed E-state index contributed by atoms with van der Waals surface area (Å²) in [7, 11) is 2.08. The molecule has 1 aromatic heterocycles. The Bertz CT molecular complexity index is 726. The van der Waals surface area contributed by atoms with Gasteiger partial charge < -0.3 is 11.1 Å². The molecule has 6 heteroatoms. The van der Waals surface area contributed by atoms with Crippen molar-refractivity contribution in [2.45, 2.75) is 51.6 Å². The molecule has 1 saturated carbocycles. The molecule has 146 valence electrons. The lowest BCUT2D eigenvalue weighted by Gasteiger charge is -2.35. The molecule has 27 heavy (non-hydrogen) atoms. The number of benzene rings is 1. The summed E-state index contributed by atoms with van der Waals surface area (Å²) in [5.41, 5.74) is 11.0. The van der Waals surface area contributed by atoms with E-state index in [-0.39, 0.29) is 11.3 Å². The first-order valence-corrected chi connectivity index (χ1v) is 10.7. The van der Waals surface area contributed by atoms with E-state index in [4.69, 9.17) is 5.73 Å². The Balaban J connectivity index is 1.55. The third kappa shape index (κ3) is 5.86. The number of hydrogen-bond acceptors (Lipinski definition) is 5. The second kappa shape index (κ2) is 9.44. The van der Waals surface area contributed by atoms with Crippen molar-refractivity contribution in [2.75, 3.05) is 18.9 Å². The Kier molecular flexibility index (Phi) is 6.99. The molecule has 0 radical (unpaired) electrons. The third-order valence-electron chi connectivity index (χ3n) is 5.46. The summed E-state index contributed by atoms with van der Waals surface area (Å²) in [6.07, 6.45) is 6.30. The molecule has 0 saturated heterocycles. The molecule has 1 aliphatic carbocycles. The maximum Gasteiger partial charge on any atom is 0.224 e. The number of nitrogens with two attached hydrogens (primary N) is 1. The van der Waals surface area contributed by atoms with Gasteiger partial charge in [0, 0.05) is 30.6 Å². The molecule has 0 spiro atoms. The number of carbonyl (C=O) groups is 1. The lowest BCUT2D eigenvalue weighted by molar-refractivity contribution is -0.118. The highest BCUT2D eigenvalue weighted by Crippen LogP contribution is 2.38. The van der Waals surface area contributed by atoms with E-state index in [2.05, 4.69) is 39.8 Å². The number of amides is 1. The van der Waals surface area contributed by atoms with E-state index in [0.29, 0.717) is 13.0 Å². The summed E-state index contributed by atoms with van der Waals surface area (Å²) in [5.74, 6) is 0.0790. The Labute approximate surface area is 166 Å². The van der Waals surface area contributed by atoms with E-state index in [1.807, 2.05) is 17.6 Å². The first kappa shape index (κ1) is 20.0. The van der Waals surface area contributed by atoms with Crippen LogP contribution in [-0.4, -0.2) is 29.4 Å². The van der Waals surface area contributed by atoms with Crippen LogP contribution >= 0.6 is 11.3 Å². The highest BCUT2D eigenvalue weighted by atomic mass is 32.1. The predicted molar refractivity (Wildman–Crippen MR) is 112 cm³/mol. The number of thiazole rings is 1. The van der Waals surface area contributed by atoms with Crippen LogP contribution in [0.25, 0.3) is 0 Å². The van der Waals surface area contributed by atoms with E-state index in [1.54, 1.807) is 11.3 Å². The summed E-state index contributed by atoms with van der Waals surface area (Å²) >= 11 is 1.62. The Morgan fingerprint density at radius 1 is 1.30 bits per heavy atom. The molecule has 0 bridgehead atoms. The summed E-state index contributed by atoms with van der Waals surface area (Å²) < 4.78 is 0. The summed E-state index contributed by atoms with van der Waals surface area (Å²) in [5, 5.41) is 5.16. The van der Waals surface area contributed by atoms with Crippen LogP contribution in [-0.2, 0) is 17.9 Å². The second-order valence-corrected chi connectivity index (χ2v) is 8.56. The van der Waals surface area contributed by atoms with Crippen molar-refractivity contribution in [3.05, 3.63) is 46.4 Å².